The van der Waals surface area contributed by atoms with E-state index in [-0.39, 0.29) is 6.42 Å². The van der Waals surface area contributed by atoms with Gasteiger partial charge >= 0.3 is 18.1 Å². The first-order valence-electron chi connectivity index (χ1n) is 23.3. The molecule has 12 heteroatoms. The molecular formula is C52H71ClF3N3O5. The van der Waals surface area contributed by atoms with Crippen LogP contribution in [-0.2, 0) is 29.5 Å². The minimum Gasteiger partial charge on any atom is -0.444 e. The number of esters is 1. The maximum absolute atomic E-state index is 14.5. The summed E-state index contributed by atoms with van der Waals surface area (Å²) in [5.41, 5.74) is -0.170. The molecule has 3 amide bonds. The maximum atomic E-state index is 14.5. The van der Waals surface area contributed by atoms with Crippen molar-refractivity contribution >= 4 is 35.3 Å². The number of ether oxygens (including phenoxy) is 1. The van der Waals surface area contributed by atoms with Crippen molar-refractivity contribution < 1.29 is 37.1 Å². The molecule has 0 N–H and O–H groups in total. The van der Waals surface area contributed by atoms with Crippen LogP contribution >= 0.6 is 11.6 Å². The highest BCUT2D eigenvalue weighted by Crippen LogP contribution is 2.45. The van der Waals surface area contributed by atoms with Crippen molar-refractivity contribution in [2.75, 3.05) is 21.1 Å². The van der Waals surface area contributed by atoms with Gasteiger partial charge in [0, 0.05) is 48.9 Å². The molecular weight excluding hydrogens is 839 g/mol. The van der Waals surface area contributed by atoms with Crippen molar-refractivity contribution in [3.63, 3.8) is 0 Å². The molecule has 4 rings (SSSR count). The number of halogens is 4. The fourth-order valence-electron chi connectivity index (χ4n) is 9.15. The number of alkyl halides is 3. The van der Waals surface area contributed by atoms with Crippen LogP contribution in [0.5, 0.6) is 0 Å². The van der Waals surface area contributed by atoms with Crippen LogP contribution in [0.25, 0.3) is 0 Å². The smallest absolute Gasteiger partial charge is 0.444 e. The van der Waals surface area contributed by atoms with E-state index in [1.807, 2.05) is 48.5 Å². The van der Waals surface area contributed by atoms with Gasteiger partial charge in [-0.1, -0.05) is 175 Å². The Morgan fingerprint density at radius 3 is 1.61 bits per heavy atom. The Morgan fingerprint density at radius 2 is 1.12 bits per heavy atom. The van der Waals surface area contributed by atoms with E-state index in [1.165, 1.54) is 115 Å². The topological polar surface area (TPSA) is 87.2 Å². The van der Waals surface area contributed by atoms with Crippen LogP contribution in [0.1, 0.15) is 159 Å². The summed E-state index contributed by atoms with van der Waals surface area (Å²) in [5.74, 6) is -4.24. The lowest BCUT2D eigenvalue weighted by molar-refractivity contribution is -0.191. The molecule has 0 saturated heterocycles. The van der Waals surface area contributed by atoms with E-state index >= 15 is 0 Å². The summed E-state index contributed by atoms with van der Waals surface area (Å²) in [6.45, 7) is 7.53. The van der Waals surface area contributed by atoms with Crippen molar-refractivity contribution in [3.8, 4) is 0 Å². The number of nitrogens with zero attached hydrogens (tertiary/aromatic N) is 3. The number of carbonyl (C=O) groups is 4. The first-order chi connectivity index (χ1) is 30.2. The molecule has 1 saturated carbocycles. The van der Waals surface area contributed by atoms with Gasteiger partial charge in [0.05, 0.1) is 6.42 Å². The SMILES string of the molecule is CC(C)[C@@H](C(=O)N(C)[C@H](C)CC(=O)OC(c1ccccc1)(c1ccc(C2CCCCCCCCCCCCCC2)cc1)c1ccccc1Cl)N(C)C(=O)C(C)(C)N(C)C(=O)C(F)(F)F. The largest absolute Gasteiger partial charge is 0.471 e. The number of hydrogen-bond donors (Lipinski definition) is 0. The summed E-state index contributed by atoms with van der Waals surface area (Å²) < 4.78 is 46.9. The molecule has 1 unspecified atom stereocenters. The molecule has 352 valence electrons. The molecule has 1 fully saturated rings. The molecule has 0 aromatic heterocycles. The molecule has 0 heterocycles. The Labute approximate surface area is 385 Å². The predicted molar refractivity (Wildman–Crippen MR) is 249 cm³/mol. The minimum absolute atomic E-state index is 0.238. The van der Waals surface area contributed by atoms with Crippen molar-refractivity contribution in [3.05, 3.63) is 106 Å². The lowest BCUT2D eigenvalue weighted by Gasteiger charge is -2.42. The van der Waals surface area contributed by atoms with Crippen LogP contribution < -0.4 is 0 Å². The average Bonchev–Trinajstić information content (AvgIpc) is 3.27. The van der Waals surface area contributed by atoms with Gasteiger partial charge in [-0.15, -0.1) is 0 Å². The fourth-order valence-corrected chi connectivity index (χ4v) is 9.42. The number of hydrogen-bond acceptors (Lipinski definition) is 5. The Kier molecular flexibility index (Phi) is 19.3. The first-order valence-corrected chi connectivity index (χ1v) is 23.6. The summed E-state index contributed by atoms with van der Waals surface area (Å²) >= 11 is 7.02. The van der Waals surface area contributed by atoms with E-state index in [4.69, 9.17) is 16.3 Å². The second-order valence-electron chi connectivity index (χ2n) is 18.7. The highest BCUT2D eigenvalue weighted by molar-refractivity contribution is 6.31. The van der Waals surface area contributed by atoms with Gasteiger partial charge in [0.1, 0.15) is 11.6 Å². The number of amides is 3. The average molecular weight is 911 g/mol. The van der Waals surface area contributed by atoms with E-state index in [1.54, 1.807) is 26.8 Å². The molecule has 0 bridgehead atoms. The van der Waals surface area contributed by atoms with Crippen LogP contribution in [0, 0.1) is 5.92 Å². The first kappa shape index (κ1) is 52.2. The molecule has 3 atom stereocenters. The summed E-state index contributed by atoms with van der Waals surface area (Å²) in [5, 5.41) is 0.406. The molecule has 0 spiro atoms. The van der Waals surface area contributed by atoms with E-state index in [0.29, 0.717) is 27.0 Å². The number of likely N-dealkylation sites (N-methyl/N-ethyl adjacent to an activating group) is 3. The van der Waals surface area contributed by atoms with E-state index < -0.39 is 59.0 Å². The molecule has 1 aliphatic rings. The second-order valence-corrected chi connectivity index (χ2v) is 19.1. The molecule has 3 aromatic carbocycles. The fraction of sp³-hybridized carbons (Fsp3) is 0.577. The normalized spacial score (nSPS) is 17.2. The number of carbonyl (C=O) groups excluding carboxylic acids is 4. The third-order valence-electron chi connectivity index (χ3n) is 13.3. The highest BCUT2D eigenvalue weighted by Gasteiger charge is 2.50. The molecule has 64 heavy (non-hydrogen) atoms. The van der Waals surface area contributed by atoms with Crippen molar-refractivity contribution in [2.45, 2.75) is 166 Å². The van der Waals surface area contributed by atoms with Crippen LogP contribution in [0.4, 0.5) is 13.2 Å². The predicted octanol–water partition coefficient (Wildman–Crippen LogP) is 12.3. The van der Waals surface area contributed by atoms with Crippen LogP contribution in [0.3, 0.4) is 0 Å². The quantitative estimate of drug-likeness (QED) is 0.126. The second kappa shape index (κ2) is 23.7. The van der Waals surface area contributed by atoms with Crippen molar-refractivity contribution in [1.82, 2.24) is 14.7 Å². The summed E-state index contributed by atoms with van der Waals surface area (Å²) in [6.07, 6.45) is 12.2. The van der Waals surface area contributed by atoms with Gasteiger partial charge in [0.15, 0.2) is 5.60 Å². The van der Waals surface area contributed by atoms with Gasteiger partial charge in [0.2, 0.25) is 11.8 Å². The van der Waals surface area contributed by atoms with Crippen molar-refractivity contribution in [1.29, 1.82) is 0 Å². The third kappa shape index (κ3) is 13.1. The van der Waals surface area contributed by atoms with E-state index in [0.717, 1.165) is 30.4 Å². The van der Waals surface area contributed by atoms with Crippen LogP contribution in [0.15, 0.2) is 78.9 Å². The zero-order valence-electron chi connectivity index (χ0n) is 39.3. The molecule has 0 aliphatic heterocycles. The third-order valence-corrected chi connectivity index (χ3v) is 13.7. The monoisotopic (exact) mass is 910 g/mol. The lowest BCUT2D eigenvalue weighted by atomic mass is 9.78. The molecule has 0 radical (unpaired) electrons. The van der Waals surface area contributed by atoms with Crippen LogP contribution in [0.2, 0.25) is 5.02 Å². The summed E-state index contributed by atoms with van der Waals surface area (Å²) in [6, 6.07) is 23.4. The van der Waals surface area contributed by atoms with Crippen molar-refractivity contribution in [2.24, 2.45) is 5.92 Å². The zero-order valence-corrected chi connectivity index (χ0v) is 40.1. The van der Waals surface area contributed by atoms with Gasteiger partial charge in [-0.05, 0) is 57.1 Å². The van der Waals surface area contributed by atoms with Gasteiger partial charge in [-0.2, -0.15) is 13.2 Å². The van der Waals surface area contributed by atoms with Crippen LogP contribution in [-0.4, -0.2) is 83.3 Å². The number of benzene rings is 3. The highest BCUT2D eigenvalue weighted by atomic mass is 35.5. The Morgan fingerprint density at radius 1 is 0.656 bits per heavy atom. The zero-order chi connectivity index (χ0) is 47.2. The van der Waals surface area contributed by atoms with Gasteiger partial charge in [-0.25, -0.2) is 0 Å². The molecule has 8 nitrogen and oxygen atoms in total. The Balaban J connectivity index is 1.65. The van der Waals surface area contributed by atoms with Gasteiger partial charge in [0.25, 0.3) is 0 Å². The number of rotatable bonds is 13. The molecule has 1 aliphatic carbocycles. The Bertz CT molecular complexity index is 1960. The molecule has 3 aromatic rings. The van der Waals surface area contributed by atoms with Gasteiger partial charge in [-0.3, -0.25) is 19.2 Å². The lowest BCUT2D eigenvalue weighted by Crippen LogP contribution is -2.62. The Hall–Kier alpha value is -4.38. The minimum atomic E-state index is -5.19. The van der Waals surface area contributed by atoms with E-state index in [2.05, 4.69) is 24.3 Å². The summed E-state index contributed by atoms with van der Waals surface area (Å²) in [4.78, 5) is 57.4. The van der Waals surface area contributed by atoms with E-state index in [9.17, 15) is 32.3 Å². The maximum Gasteiger partial charge on any atom is 0.471 e. The summed E-state index contributed by atoms with van der Waals surface area (Å²) in [7, 11) is 3.76. The standard InChI is InChI=1S/C52H71ClF3N3O5/c1-37(2)46(58(7)48(62)50(4,5)59(8)49(63)52(54,55)56)47(61)57(6)38(3)36-45(60)64-51(41-28-22-19-23-29-41,43-30-24-25-31-44(43)53)42-34-32-40(33-35-42)39-26-20-17-15-13-11-9-10-12-14-16-18-21-27-39/h19,22-25,28-35,37-39,46H,9-18,20-21,26-27,36H2,1-8H3/t38-,46+,51?/m1/s1. The van der Waals surface area contributed by atoms with Gasteiger partial charge < -0.3 is 19.4 Å².